The van der Waals surface area contributed by atoms with Gasteiger partial charge >= 0.3 is 12.1 Å². The lowest BCUT2D eigenvalue weighted by atomic mass is 10.1. The van der Waals surface area contributed by atoms with Crippen LogP contribution in [0.2, 0.25) is 0 Å². The summed E-state index contributed by atoms with van der Waals surface area (Å²) in [7, 11) is 0. The van der Waals surface area contributed by atoms with E-state index in [4.69, 9.17) is 5.11 Å². The van der Waals surface area contributed by atoms with Crippen LogP contribution in [0, 0.1) is 17.3 Å². The zero-order chi connectivity index (χ0) is 15.3. The number of H-pyrrole nitrogens is 1. The summed E-state index contributed by atoms with van der Waals surface area (Å²) in [5.41, 5.74) is -0.751. The number of carboxylic acids is 1. The third-order valence-corrected chi connectivity index (χ3v) is 3.36. The van der Waals surface area contributed by atoms with E-state index in [1.807, 2.05) is 0 Å². The second-order valence-corrected chi connectivity index (χ2v) is 5.11. The zero-order valence-electron chi connectivity index (χ0n) is 10.4. The molecule has 20 heavy (non-hydrogen) atoms. The molecule has 110 valence electrons. The molecular weight excluding hydrogens is 281 g/mol. The van der Waals surface area contributed by atoms with E-state index in [0.29, 0.717) is 0 Å². The van der Waals surface area contributed by atoms with Gasteiger partial charge in [0.05, 0.1) is 11.8 Å². The number of amides is 1. The summed E-state index contributed by atoms with van der Waals surface area (Å²) in [6.45, 7) is 3.18. The van der Waals surface area contributed by atoms with E-state index in [2.05, 4.69) is 15.4 Å². The van der Waals surface area contributed by atoms with Crippen molar-refractivity contribution in [2.75, 3.05) is 5.32 Å². The van der Waals surface area contributed by atoms with Crippen LogP contribution in [0.4, 0.5) is 19.1 Å². The Labute approximate surface area is 110 Å². The van der Waals surface area contributed by atoms with Crippen molar-refractivity contribution in [2.24, 2.45) is 17.3 Å². The van der Waals surface area contributed by atoms with Gasteiger partial charge in [0.1, 0.15) is 0 Å². The lowest BCUT2D eigenvalue weighted by Gasteiger charge is -2.02. The molecule has 0 saturated heterocycles. The Balaban J connectivity index is 2.07. The molecule has 1 heterocycles. The van der Waals surface area contributed by atoms with Gasteiger partial charge in [-0.1, -0.05) is 13.8 Å². The predicted octanol–water partition coefficient (Wildman–Crippen LogP) is 1.12. The SMILES string of the molecule is CC1(C)C(C(=O)O)C1C(=O)Nc1n[nH]c(C(F)(F)F)n1. The Hall–Kier alpha value is -2.13. The second-order valence-electron chi connectivity index (χ2n) is 5.11. The summed E-state index contributed by atoms with van der Waals surface area (Å²) in [5.74, 6) is -5.40. The first kappa shape index (κ1) is 14.3. The van der Waals surface area contributed by atoms with Crippen molar-refractivity contribution in [3.05, 3.63) is 5.82 Å². The number of aromatic amines is 1. The third kappa shape index (κ3) is 2.32. The first-order valence-electron chi connectivity index (χ1n) is 5.58. The van der Waals surface area contributed by atoms with E-state index in [0.717, 1.165) is 0 Å². The number of rotatable bonds is 3. The predicted molar refractivity (Wildman–Crippen MR) is 58.4 cm³/mol. The topological polar surface area (TPSA) is 108 Å². The normalized spacial score (nSPS) is 24.2. The molecule has 1 aromatic rings. The number of alkyl halides is 3. The maximum absolute atomic E-state index is 12.3. The Morgan fingerprint density at radius 2 is 1.95 bits per heavy atom. The number of anilines is 1. The Kier molecular flexibility index (Phi) is 2.99. The van der Waals surface area contributed by atoms with Crippen LogP contribution >= 0.6 is 0 Å². The fourth-order valence-corrected chi connectivity index (χ4v) is 2.22. The minimum absolute atomic E-state index is 0.533. The van der Waals surface area contributed by atoms with Gasteiger partial charge in [0.2, 0.25) is 17.7 Å². The van der Waals surface area contributed by atoms with E-state index in [-0.39, 0.29) is 0 Å². The molecule has 2 unspecified atom stereocenters. The standard InChI is InChI=1S/C10H11F3N4O3/c1-9(2)3(4(9)6(19)20)5(18)14-8-15-7(16-17-8)10(11,12)13/h3-4H,1-2H3,(H,19,20)(H2,14,15,16,17,18). The fraction of sp³-hybridized carbons (Fsp3) is 0.600. The van der Waals surface area contributed by atoms with E-state index in [1.165, 1.54) is 0 Å². The van der Waals surface area contributed by atoms with Crippen molar-refractivity contribution in [3.8, 4) is 0 Å². The molecule has 7 nitrogen and oxygen atoms in total. The minimum Gasteiger partial charge on any atom is -0.481 e. The Morgan fingerprint density at radius 3 is 2.35 bits per heavy atom. The average molecular weight is 292 g/mol. The molecular formula is C10H11F3N4O3. The third-order valence-electron chi connectivity index (χ3n) is 3.36. The van der Waals surface area contributed by atoms with Crippen LogP contribution in [0.25, 0.3) is 0 Å². The molecule has 2 atom stereocenters. The smallest absolute Gasteiger partial charge is 0.451 e. The van der Waals surface area contributed by atoms with Crippen molar-refractivity contribution in [1.29, 1.82) is 0 Å². The van der Waals surface area contributed by atoms with Gasteiger partial charge in [-0.25, -0.2) is 0 Å². The van der Waals surface area contributed by atoms with Gasteiger partial charge in [-0.3, -0.25) is 20.0 Å². The number of aromatic nitrogens is 3. The van der Waals surface area contributed by atoms with Gasteiger partial charge in [0, 0.05) is 0 Å². The largest absolute Gasteiger partial charge is 0.481 e. The summed E-state index contributed by atoms with van der Waals surface area (Å²) < 4.78 is 36.8. The van der Waals surface area contributed by atoms with E-state index in [9.17, 15) is 22.8 Å². The number of hydrogen-bond acceptors (Lipinski definition) is 4. The quantitative estimate of drug-likeness (QED) is 0.773. The molecule has 2 rings (SSSR count). The molecule has 0 bridgehead atoms. The number of nitrogens with zero attached hydrogens (tertiary/aromatic N) is 2. The first-order chi connectivity index (χ1) is 9.05. The van der Waals surface area contributed by atoms with Crippen LogP contribution < -0.4 is 5.32 Å². The van der Waals surface area contributed by atoms with E-state index >= 15 is 0 Å². The van der Waals surface area contributed by atoms with Crippen LogP contribution in [0.15, 0.2) is 0 Å². The van der Waals surface area contributed by atoms with Crippen LogP contribution in [-0.4, -0.2) is 32.2 Å². The number of aliphatic carboxylic acids is 1. The van der Waals surface area contributed by atoms with Gasteiger partial charge in [-0.15, -0.1) is 5.10 Å². The Bertz CT molecular complexity index is 566. The lowest BCUT2D eigenvalue weighted by molar-refractivity contribution is -0.144. The summed E-state index contributed by atoms with van der Waals surface area (Å²) in [4.78, 5) is 25.8. The van der Waals surface area contributed by atoms with Gasteiger partial charge in [-0.2, -0.15) is 18.2 Å². The van der Waals surface area contributed by atoms with Gasteiger partial charge in [0.15, 0.2) is 0 Å². The summed E-state index contributed by atoms with van der Waals surface area (Å²) in [6, 6.07) is 0. The average Bonchev–Trinajstić information content (AvgIpc) is 2.67. The molecule has 0 spiro atoms. The summed E-state index contributed by atoms with van der Waals surface area (Å²) in [5, 5.41) is 15.9. The summed E-state index contributed by atoms with van der Waals surface area (Å²) >= 11 is 0. The monoisotopic (exact) mass is 292 g/mol. The molecule has 0 radical (unpaired) electrons. The van der Waals surface area contributed by atoms with Crippen LogP contribution in [0.3, 0.4) is 0 Å². The number of nitrogens with one attached hydrogen (secondary N) is 2. The highest BCUT2D eigenvalue weighted by Crippen LogP contribution is 2.58. The highest BCUT2D eigenvalue weighted by atomic mass is 19.4. The lowest BCUT2D eigenvalue weighted by Crippen LogP contribution is -2.18. The zero-order valence-corrected chi connectivity index (χ0v) is 10.4. The van der Waals surface area contributed by atoms with Gasteiger partial charge in [-0.05, 0) is 5.41 Å². The Morgan fingerprint density at radius 1 is 1.35 bits per heavy atom. The highest BCUT2D eigenvalue weighted by Gasteiger charge is 2.66. The number of halogens is 3. The molecule has 1 amide bonds. The molecule has 1 saturated carbocycles. The number of carbonyl (C=O) groups excluding carboxylic acids is 1. The molecule has 0 aromatic carbocycles. The van der Waals surface area contributed by atoms with Gasteiger partial charge in [0.25, 0.3) is 0 Å². The van der Waals surface area contributed by atoms with E-state index in [1.54, 1.807) is 18.9 Å². The number of carbonyl (C=O) groups is 2. The molecule has 3 N–H and O–H groups in total. The van der Waals surface area contributed by atoms with Crippen molar-refractivity contribution < 1.29 is 27.9 Å². The molecule has 1 aliphatic rings. The maximum atomic E-state index is 12.3. The highest BCUT2D eigenvalue weighted by molar-refractivity contribution is 5.98. The molecule has 1 aromatic heterocycles. The number of hydrogen-bond donors (Lipinski definition) is 3. The van der Waals surface area contributed by atoms with Crippen LogP contribution in [-0.2, 0) is 15.8 Å². The molecule has 1 fully saturated rings. The molecule has 10 heteroatoms. The van der Waals surface area contributed by atoms with Crippen molar-refractivity contribution in [2.45, 2.75) is 20.0 Å². The molecule has 1 aliphatic carbocycles. The van der Waals surface area contributed by atoms with Crippen LogP contribution in [0.1, 0.15) is 19.7 Å². The van der Waals surface area contributed by atoms with Crippen molar-refractivity contribution in [1.82, 2.24) is 15.2 Å². The number of carboxylic acid groups (broad SMARTS) is 1. The fourth-order valence-electron chi connectivity index (χ4n) is 2.22. The maximum Gasteiger partial charge on any atom is 0.451 e. The van der Waals surface area contributed by atoms with E-state index < -0.39 is 47.1 Å². The minimum atomic E-state index is -4.70. The van der Waals surface area contributed by atoms with Crippen LogP contribution in [0.5, 0.6) is 0 Å². The first-order valence-corrected chi connectivity index (χ1v) is 5.58. The van der Waals surface area contributed by atoms with Crippen molar-refractivity contribution in [3.63, 3.8) is 0 Å². The molecule has 0 aliphatic heterocycles. The second kappa shape index (κ2) is 4.18. The summed E-state index contributed by atoms with van der Waals surface area (Å²) in [6.07, 6.45) is -4.70. The van der Waals surface area contributed by atoms with Crippen molar-refractivity contribution >= 4 is 17.8 Å². The van der Waals surface area contributed by atoms with Gasteiger partial charge < -0.3 is 5.11 Å².